The normalized spacial score (nSPS) is 39.4. The van der Waals surface area contributed by atoms with Gasteiger partial charge in [0.05, 0.1) is 0 Å². The van der Waals surface area contributed by atoms with E-state index >= 15 is 0 Å². The fourth-order valence-electron chi connectivity index (χ4n) is 0.766. The van der Waals surface area contributed by atoms with Gasteiger partial charge in [0, 0.05) is 0 Å². The van der Waals surface area contributed by atoms with Crippen LogP contribution in [0.1, 0.15) is 0 Å². The van der Waals surface area contributed by atoms with Gasteiger partial charge in [-0.3, -0.25) is 4.55 Å². The van der Waals surface area contributed by atoms with Crippen LogP contribution in [0.5, 0.6) is 0 Å². The van der Waals surface area contributed by atoms with Crippen LogP contribution in [0, 0.1) is 0 Å². The minimum Gasteiger partial charge on any atom is -0.306 e. The SMILES string of the molecule is NC1(Cl)C=CC(Cl)(S(=O)(=O)O)C=C1. The first kappa shape index (κ1) is 11.0. The summed E-state index contributed by atoms with van der Waals surface area (Å²) in [6.45, 7) is 0. The lowest BCUT2D eigenvalue weighted by molar-refractivity contribution is 0.476. The molecule has 1 aliphatic rings. The number of rotatable bonds is 1. The third-order valence-electron chi connectivity index (χ3n) is 1.53. The molecule has 1 rings (SSSR count). The molecule has 7 heteroatoms. The minimum atomic E-state index is -4.40. The Hall–Kier alpha value is -0.0700. The Bertz CT molecular complexity index is 355. The summed E-state index contributed by atoms with van der Waals surface area (Å²) in [5, 5.41) is 0. The van der Waals surface area contributed by atoms with Gasteiger partial charge in [0.2, 0.25) is 4.21 Å². The van der Waals surface area contributed by atoms with E-state index < -0.39 is 19.3 Å². The van der Waals surface area contributed by atoms with E-state index in [0.29, 0.717) is 0 Å². The molecule has 0 heterocycles. The first-order valence-electron chi connectivity index (χ1n) is 3.21. The predicted molar refractivity (Wildman–Crippen MR) is 51.2 cm³/mol. The second kappa shape index (κ2) is 2.96. The minimum absolute atomic E-state index is 1.02. The summed E-state index contributed by atoms with van der Waals surface area (Å²) in [6.07, 6.45) is 4.43. The van der Waals surface area contributed by atoms with Gasteiger partial charge >= 0.3 is 0 Å². The van der Waals surface area contributed by atoms with Crippen LogP contribution in [0.2, 0.25) is 0 Å². The first-order chi connectivity index (χ1) is 5.66. The maximum Gasteiger partial charge on any atom is 0.292 e. The molecule has 0 radical (unpaired) electrons. The lowest BCUT2D eigenvalue weighted by Gasteiger charge is -2.23. The smallest absolute Gasteiger partial charge is 0.292 e. The summed E-state index contributed by atoms with van der Waals surface area (Å²) >= 11 is 11.2. The molecule has 4 nitrogen and oxygen atoms in total. The molecule has 0 spiro atoms. The van der Waals surface area contributed by atoms with Gasteiger partial charge < -0.3 is 5.73 Å². The Labute approximate surface area is 85.8 Å². The summed E-state index contributed by atoms with van der Waals surface area (Å²) in [6, 6.07) is 0. The molecule has 74 valence electrons. The summed E-state index contributed by atoms with van der Waals surface area (Å²) in [7, 11) is -4.40. The van der Waals surface area contributed by atoms with E-state index in [0.717, 1.165) is 12.2 Å². The van der Waals surface area contributed by atoms with Gasteiger partial charge in [-0.15, -0.1) is 0 Å². The molecule has 0 aliphatic heterocycles. The third-order valence-corrected chi connectivity index (χ3v) is 3.68. The monoisotopic (exact) mass is 243 g/mol. The molecule has 0 fully saturated rings. The van der Waals surface area contributed by atoms with Crippen LogP contribution in [-0.4, -0.2) is 22.2 Å². The molecule has 0 unspecified atom stereocenters. The van der Waals surface area contributed by atoms with Crippen molar-refractivity contribution in [3.8, 4) is 0 Å². The van der Waals surface area contributed by atoms with Crippen LogP contribution in [-0.2, 0) is 10.1 Å². The van der Waals surface area contributed by atoms with E-state index in [9.17, 15) is 8.42 Å². The number of nitrogens with two attached hydrogens (primary N) is 1. The van der Waals surface area contributed by atoms with Crippen LogP contribution in [0.4, 0.5) is 0 Å². The summed E-state index contributed by atoms with van der Waals surface area (Å²) in [5.41, 5.74) is 5.40. The van der Waals surface area contributed by atoms with E-state index in [-0.39, 0.29) is 0 Å². The van der Waals surface area contributed by atoms with Gasteiger partial charge in [-0.2, -0.15) is 8.42 Å². The summed E-state index contributed by atoms with van der Waals surface area (Å²) in [4.78, 5) is -1.25. The van der Waals surface area contributed by atoms with Gasteiger partial charge in [0.25, 0.3) is 10.1 Å². The Morgan fingerprint density at radius 1 is 1.15 bits per heavy atom. The van der Waals surface area contributed by atoms with Gasteiger partial charge in [0.1, 0.15) is 5.00 Å². The van der Waals surface area contributed by atoms with Crippen LogP contribution in [0.25, 0.3) is 0 Å². The topological polar surface area (TPSA) is 80.4 Å². The maximum atomic E-state index is 10.8. The molecule has 0 aromatic carbocycles. The Morgan fingerprint density at radius 2 is 1.54 bits per heavy atom. The molecule has 0 atom stereocenters. The van der Waals surface area contributed by atoms with Crippen LogP contribution < -0.4 is 5.73 Å². The molecule has 3 N–H and O–H groups in total. The van der Waals surface area contributed by atoms with Crippen molar-refractivity contribution in [2.24, 2.45) is 5.73 Å². The molecule has 0 bridgehead atoms. The van der Waals surface area contributed by atoms with Gasteiger partial charge in [-0.1, -0.05) is 23.2 Å². The fourth-order valence-corrected chi connectivity index (χ4v) is 1.50. The number of hydrogen-bond donors (Lipinski definition) is 2. The standard InChI is InChI=1S/C6H7Cl2NO3S/c7-5(9)1-3-6(8,4-2-5)13(10,11)12/h1-4H,9H2,(H,10,11,12). The van der Waals surface area contributed by atoms with Gasteiger partial charge in [-0.05, 0) is 24.3 Å². The zero-order chi connectivity index (χ0) is 10.3. The largest absolute Gasteiger partial charge is 0.306 e. The molecule has 0 saturated heterocycles. The molecule has 0 aromatic heterocycles. The Kier molecular flexibility index (Phi) is 2.51. The van der Waals surface area contributed by atoms with Crippen molar-refractivity contribution in [2.45, 2.75) is 9.20 Å². The predicted octanol–water partition coefficient (Wildman–Crippen LogP) is 0.829. The van der Waals surface area contributed by atoms with E-state index in [1.54, 1.807) is 0 Å². The quantitative estimate of drug-likeness (QED) is 0.310. The van der Waals surface area contributed by atoms with Crippen molar-refractivity contribution in [1.29, 1.82) is 0 Å². The second-order valence-electron chi connectivity index (χ2n) is 2.67. The highest BCUT2D eigenvalue weighted by Crippen LogP contribution is 2.32. The van der Waals surface area contributed by atoms with Crippen molar-refractivity contribution in [1.82, 2.24) is 0 Å². The van der Waals surface area contributed by atoms with Crippen molar-refractivity contribution >= 4 is 33.3 Å². The highest BCUT2D eigenvalue weighted by molar-refractivity contribution is 7.89. The molecule has 13 heavy (non-hydrogen) atoms. The second-order valence-corrected chi connectivity index (χ2v) is 5.80. The van der Waals surface area contributed by atoms with Gasteiger partial charge in [-0.25, -0.2) is 0 Å². The van der Waals surface area contributed by atoms with Gasteiger partial charge in [0.15, 0.2) is 0 Å². The van der Waals surface area contributed by atoms with Crippen molar-refractivity contribution in [2.75, 3.05) is 0 Å². The summed E-state index contributed by atoms with van der Waals surface area (Å²) in [5.74, 6) is 0. The van der Waals surface area contributed by atoms with E-state index in [1.807, 2.05) is 0 Å². The Balaban J connectivity index is 3.11. The van der Waals surface area contributed by atoms with Crippen molar-refractivity contribution in [3.05, 3.63) is 24.3 Å². The summed E-state index contributed by atoms with van der Waals surface area (Å²) < 4.78 is 28.3. The number of halogens is 2. The molecule has 0 saturated carbocycles. The lowest BCUT2D eigenvalue weighted by Crippen LogP contribution is -2.36. The Morgan fingerprint density at radius 3 is 1.85 bits per heavy atom. The highest BCUT2D eigenvalue weighted by atomic mass is 35.5. The first-order valence-corrected chi connectivity index (χ1v) is 5.40. The molecule has 0 aromatic rings. The molecular formula is C6H7Cl2NO3S. The van der Waals surface area contributed by atoms with Crippen molar-refractivity contribution < 1.29 is 13.0 Å². The zero-order valence-electron chi connectivity index (χ0n) is 6.31. The van der Waals surface area contributed by atoms with Crippen LogP contribution in [0.15, 0.2) is 24.3 Å². The molecule has 1 aliphatic carbocycles. The number of hydrogen-bond acceptors (Lipinski definition) is 3. The van der Waals surface area contributed by atoms with Crippen molar-refractivity contribution in [3.63, 3.8) is 0 Å². The lowest BCUT2D eigenvalue weighted by atomic mass is 10.1. The highest BCUT2D eigenvalue weighted by Gasteiger charge is 2.39. The average molecular weight is 244 g/mol. The average Bonchev–Trinajstić information content (AvgIpc) is 1.94. The van der Waals surface area contributed by atoms with E-state index in [1.165, 1.54) is 12.2 Å². The zero-order valence-corrected chi connectivity index (χ0v) is 8.64. The maximum absolute atomic E-state index is 10.8. The third kappa shape index (κ3) is 2.24. The molecular weight excluding hydrogens is 237 g/mol. The fraction of sp³-hybridized carbons (Fsp3) is 0.333. The van der Waals surface area contributed by atoms with E-state index in [2.05, 4.69) is 0 Å². The van der Waals surface area contributed by atoms with Crippen LogP contribution in [0.3, 0.4) is 0 Å². The van der Waals surface area contributed by atoms with E-state index in [4.69, 9.17) is 33.5 Å². The molecule has 0 amide bonds. The number of alkyl halides is 2. The van der Waals surface area contributed by atoms with Crippen LogP contribution >= 0.6 is 23.2 Å².